The topological polar surface area (TPSA) is 70.8 Å². The van der Waals surface area contributed by atoms with Gasteiger partial charge in [0.25, 0.3) is 0 Å². The maximum atomic E-state index is 11.0. The first-order chi connectivity index (χ1) is 9.33. The number of rotatable bonds is 7. The van der Waals surface area contributed by atoms with Crippen LogP contribution in [0.3, 0.4) is 0 Å². The van der Waals surface area contributed by atoms with Crippen LogP contribution in [0.15, 0.2) is 12.1 Å². The van der Waals surface area contributed by atoms with Gasteiger partial charge in [0, 0.05) is 22.9 Å². The van der Waals surface area contributed by atoms with E-state index >= 15 is 0 Å². The number of nitrogens with zero attached hydrogens (tertiary/aromatic N) is 1. The Kier molecular flexibility index (Phi) is 6.64. The molecule has 20 heavy (non-hydrogen) atoms. The number of nitro groups is 1. The third-order valence-electron chi connectivity index (χ3n) is 1.96. The van der Waals surface area contributed by atoms with E-state index in [2.05, 4.69) is 0 Å². The summed E-state index contributed by atoms with van der Waals surface area (Å²) < 4.78 is 15.9. The Morgan fingerprint density at radius 1 is 1.30 bits per heavy atom. The third kappa shape index (κ3) is 4.55. The van der Waals surface area contributed by atoms with E-state index in [1.807, 2.05) is 0 Å². The second-order valence-corrected chi connectivity index (χ2v) is 7.15. The first kappa shape index (κ1) is 17.6. The average molecular weight is 360 g/mol. The number of hydrogen-bond donors (Lipinski definition) is 0. The van der Waals surface area contributed by atoms with Crippen molar-refractivity contribution in [1.82, 2.24) is 0 Å². The van der Waals surface area contributed by atoms with Crippen LogP contribution in [0.2, 0.25) is 10.0 Å². The molecule has 10 heteroatoms. The average Bonchev–Trinajstić information content (AvgIpc) is 2.32. The quantitative estimate of drug-likeness (QED) is 0.403. The van der Waals surface area contributed by atoms with E-state index in [1.165, 1.54) is 6.07 Å². The predicted molar refractivity (Wildman–Crippen MR) is 81.3 cm³/mol. The summed E-state index contributed by atoms with van der Waals surface area (Å²) in [6.45, 7) is 0.763. The molecule has 1 rings (SSSR count). The zero-order chi connectivity index (χ0) is 15.3. The summed E-state index contributed by atoms with van der Waals surface area (Å²) in [6, 6.07) is 2.45. The molecular formula is C10H12Cl2NO5PS. The van der Waals surface area contributed by atoms with Crippen molar-refractivity contribution in [2.75, 3.05) is 13.2 Å². The van der Waals surface area contributed by atoms with Crippen LogP contribution in [0.25, 0.3) is 0 Å². The summed E-state index contributed by atoms with van der Waals surface area (Å²) in [5.41, 5.74) is -0.392. The van der Waals surface area contributed by atoms with Gasteiger partial charge in [-0.05, 0) is 19.9 Å². The highest BCUT2D eigenvalue weighted by molar-refractivity contribution is 8.07. The molecule has 6 nitrogen and oxygen atoms in total. The number of nitro benzene ring substituents is 1. The molecule has 0 amide bonds. The summed E-state index contributed by atoms with van der Waals surface area (Å²) in [6.07, 6.45) is 0. The molecule has 1 aromatic carbocycles. The maximum absolute atomic E-state index is 11.0. The van der Waals surface area contributed by atoms with Crippen LogP contribution in [0, 0.1) is 10.1 Å². The summed E-state index contributed by atoms with van der Waals surface area (Å²) >= 11 is 16.8. The van der Waals surface area contributed by atoms with Gasteiger partial charge in [-0.3, -0.25) is 19.2 Å². The minimum Gasteiger partial charge on any atom is -0.415 e. The van der Waals surface area contributed by atoms with Gasteiger partial charge in [0.2, 0.25) is 5.75 Å². The van der Waals surface area contributed by atoms with E-state index in [9.17, 15) is 10.1 Å². The lowest BCUT2D eigenvalue weighted by atomic mass is 10.3. The highest BCUT2D eigenvalue weighted by Gasteiger charge is 2.29. The van der Waals surface area contributed by atoms with Crippen LogP contribution >= 0.6 is 29.9 Å². The van der Waals surface area contributed by atoms with Gasteiger partial charge in [-0.2, -0.15) is 0 Å². The third-order valence-corrected chi connectivity index (χ3v) is 4.87. The molecule has 0 aliphatic heterocycles. The Hall–Kier alpha value is -0.430. The maximum Gasteiger partial charge on any atom is 0.380 e. The van der Waals surface area contributed by atoms with Crippen LogP contribution in [-0.4, -0.2) is 18.1 Å². The molecule has 0 aliphatic rings. The molecule has 0 unspecified atom stereocenters. The number of benzene rings is 1. The van der Waals surface area contributed by atoms with Crippen LogP contribution in [0.5, 0.6) is 5.75 Å². The van der Waals surface area contributed by atoms with Crippen molar-refractivity contribution >= 4 is 47.4 Å². The molecule has 112 valence electrons. The minimum absolute atomic E-state index is 0.0298. The van der Waals surface area contributed by atoms with E-state index in [4.69, 9.17) is 48.6 Å². The first-order valence-electron chi connectivity index (χ1n) is 5.55. The zero-order valence-corrected chi connectivity index (χ0v) is 13.9. The Balaban J connectivity index is 3.25. The van der Waals surface area contributed by atoms with Gasteiger partial charge < -0.3 is 4.52 Å². The molecule has 0 fully saturated rings. The van der Waals surface area contributed by atoms with Crippen molar-refractivity contribution in [2.45, 2.75) is 13.8 Å². The molecule has 0 saturated heterocycles. The lowest BCUT2D eigenvalue weighted by Crippen LogP contribution is -2.04. The zero-order valence-electron chi connectivity index (χ0n) is 10.7. The van der Waals surface area contributed by atoms with Gasteiger partial charge in [0.05, 0.1) is 23.2 Å². The van der Waals surface area contributed by atoms with Crippen molar-refractivity contribution in [3.63, 3.8) is 0 Å². The fourth-order valence-electron chi connectivity index (χ4n) is 1.29. The fraction of sp³-hybridized carbons (Fsp3) is 0.400. The van der Waals surface area contributed by atoms with Crippen molar-refractivity contribution in [3.8, 4) is 5.75 Å². The standard InChI is InChI=1S/C10H12Cl2NO5PS/c1-3-16-19(20,17-4-2)18-10-8(12)5-7(11)6-9(10)13(14)15/h5-6H,3-4H2,1-2H3. The summed E-state index contributed by atoms with van der Waals surface area (Å²) in [4.78, 5) is 10.4. The van der Waals surface area contributed by atoms with Gasteiger partial charge in [0.15, 0.2) is 0 Å². The van der Waals surface area contributed by atoms with E-state index < -0.39 is 17.3 Å². The smallest absolute Gasteiger partial charge is 0.380 e. The molecule has 1 aromatic rings. The predicted octanol–water partition coefficient (Wildman–Crippen LogP) is 4.58. The SMILES string of the molecule is CCOP(=S)(OCC)Oc1c(Cl)cc(Cl)cc1[N+](=O)[O-]. The van der Waals surface area contributed by atoms with Crippen molar-refractivity contribution < 1.29 is 18.5 Å². The normalized spacial score (nSPS) is 11.4. The fourth-order valence-corrected chi connectivity index (χ4v) is 3.95. The Morgan fingerprint density at radius 2 is 1.85 bits per heavy atom. The molecule has 0 saturated carbocycles. The van der Waals surface area contributed by atoms with Crippen LogP contribution < -0.4 is 4.52 Å². The van der Waals surface area contributed by atoms with Crippen LogP contribution in [0.1, 0.15) is 13.8 Å². The van der Waals surface area contributed by atoms with Gasteiger partial charge in [-0.1, -0.05) is 23.2 Å². The lowest BCUT2D eigenvalue weighted by molar-refractivity contribution is -0.385. The molecule has 0 aromatic heterocycles. The summed E-state index contributed by atoms with van der Waals surface area (Å²) in [5, 5.41) is 11.1. The van der Waals surface area contributed by atoms with Crippen molar-refractivity contribution in [1.29, 1.82) is 0 Å². The highest BCUT2D eigenvalue weighted by Crippen LogP contribution is 2.53. The summed E-state index contributed by atoms with van der Waals surface area (Å²) in [7, 11) is 0. The molecule has 0 aliphatic carbocycles. The van der Waals surface area contributed by atoms with Gasteiger partial charge in [-0.25, -0.2) is 0 Å². The Bertz CT molecular complexity index is 547. The lowest BCUT2D eigenvalue weighted by Gasteiger charge is -2.21. The van der Waals surface area contributed by atoms with Crippen LogP contribution in [-0.2, 0) is 20.9 Å². The van der Waals surface area contributed by atoms with Crippen molar-refractivity contribution in [2.24, 2.45) is 0 Å². The highest BCUT2D eigenvalue weighted by atomic mass is 35.5. The van der Waals surface area contributed by atoms with Gasteiger partial charge in [-0.15, -0.1) is 0 Å². The van der Waals surface area contributed by atoms with E-state index in [0.717, 1.165) is 6.07 Å². The van der Waals surface area contributed by atoms with Gasteiger partial charge >= 0.3 is 12.4 Å². The Morgan fingerprint density at radius 3 is 2.30 bits per heavy atom. The van der Waals surface area contributed by atoms with Crippen molar-refractivity contribution in [3.05, 3.63) is 32.3 Å². The summed E-state index contributed by atoms with van der Waals surface area (Å²) in [5.74, 6) is -0.202. The molecule has 0 heterocycles. The van der Waals surface area contributed by atoms with E-state index in [-0.39, 0.29) is 29.0 Å². The second-order valence-electron chi connectivity index (χ2n) is 3.37. The minimum atomic E-state index is -3.15. The number of halogens is 2. The van der Waals surface area contributed by atoms with Crippen LogP contribution in [0.4, 0.5) is 5.69 Å². The largest absolute Gasteiger partial charge is 0.415 e. The van der Waals surface area contributed by atoms with E-state index in [0.29, 0.717) is 0 Å². The van der Waals surface area contributed by atoms with E-state index in [1.54, 1.807) is 13.8 Å². The Labute approximate surface area is 131 Å². The molecule has 0 atom stereocenters. The van der Waals surface area contributed by atoms with Gasteiger partial charge in [0.1, 0.15) is 0 Å². The molecular weight excluding hydrogens is 348 g/mol. The first-order valence-corrected chi connectivity index (χ1v) is 8.86. The second kappa shape index (κ2) is 7.54. The monoisotopic (exact) mass is 359 g/mol. The molecule has 0 spiro atoms. The molecule has 0 radical (unpaired) electrons. The molecule has 0 N–H and O–H groups in total. The number of hydrogen-bond acceptors (Lipinski definition) is 6. The molecule has 0 bridgehead atoms.